The first-order chi connectivity index (χ1) is 9.51. The number of rotatable bonds is 6. The lowest BCUT2D eigenvalue weighted by atomic mass is 10.1. The van der Waals surface area contributed by atoms with Gasteiger partial charge in [0.15, 0.2) is 5.69 Å². The maximum Gasteiger partial charge on any atom is 0.358 e. The van der Waals surface area contributed by atoms with Crippen LogP contribution in [0.25, 0.3) is 0 Å². The number of aryl methyl sites for hydroxylation is 1. The number of nitrogens with zero attached hydrogens (tertiary/aromatic N) is 3. The van der Waals surface area contributed by atoms with Gasteiger partial charge in [-0.15, -0.1) is 16.4 Å². The zero-order valence-corrected chi connectivity index (χ0v) is 12.8. The Bertz CT molecular complexity index is 601. The summed E-state index contributed by atoms with van der Waals surface area (Å²) < 4.78 is 1.72. The van der Waals surface area contributed by atoms with Crippen LogP contribution in [0.3, 0.4) is 0 Å². The van der Waals surface area contributed by atoms with E-state index in [1.807, 2.05) is 0 Å². The van der Waals surface area contributed by atoms with Crippen LogP contribution < -0.4 is 0 Å². The van der Waals surface area contributed by atoms with E-state index in [2.05, 4.69) is 43.2 Å². The molecule has 0 saturated heterocycles. The van der Waals surface area contributed by atoms with E-state index in [9.17, 15) is 9.90 Å². The summed E-state index contributed by atoms with van der Waals surface area (Å²) in [6.45, 7) is 6.83. The monoisotopic (exact) mass is 293 g/mol. The summed E-state index contributed by atoms with van der Waals surface area (Å²) >= 11 is 1.74. The van der Waals surface area contributed by atoms with E-state index in [4.69, 9.17) is 0 Å². The topological polar surface area (TPSA) is 68.0 Å². The number of hydrogen-bond donors (Lipinski definition) is 1. The minimum atomic E-state index is -1.01. The first-order valence-corrected chi connectivity index (χ1v) is 7.56. The van der Waals surface area contributed by atoms with E-state index in [1.165, 1.54) is 9.75 Å². The van der Waals surface area contributed by atoms with Crippen molar-refractivity contribution < 1.29 is 9.90 Å². The average molecular weight is 293 g/mol. The molecule has 0 unspecified atom stereocenters. The Balaban J connectivity index is 2.28. The van der Waals surface area contributed by atoms with Gasteiger partial charge in [0.25, 0.3) is 0 Å². The number of thiophene rings is 1. The molecule has 2 rings (SSSR count). The second kappa shape index (κ2) is 6.17. The Morgan fingerprint density at radius 2 is 2.10 bits per heavy atom. The minimum absolute atomic E-state index is 0.0750. The molecule has 0 amide bonds. The Labute approximate surface area is 122 Å². The summed E-state index contributed by atoms with van der Waals surface area (Å²) in [6.07, 6.45) is 1.68. The molecular formula is C14H19N3O2S. The summed E-state index contributed by atoms with van der Waals surface area (Å²) in [4.78, 5) is 13.7. The van der Waals surface area contributed by atoms with Gasteiger partial charge in [0.2, 0.25) is 0 Å². The van der Waals surface area contributed by atoms with Crippen molar-refractivity contribution in [2.45, 2.75) is 40.2 Å². The van der Waals surface area contributed by atoms with Crippen molar-refractivity contribution in [3.8, 4) is 0 Å². The van der Waals surface area contributed by atoms with Crippen LogP contribution in [-0.4, -0.2) is 26.1 Å². The molecule has 2 aromatic rings. The van der Waals surface area contributed by atoms with Crippen molar-refractivity contribution in [3.05, 3.63) is 33.3 Å². The quantitative estimate of drug-likeness (QED) is 0.889. The van der Waals surface area contributed by atoms with Gasteiger partial charge in [-0.25, -0.2) is 9.48 Å². The van der Waals surface area contributed by atoms with E-state index < -0.39 is 5.97 Å². The number of carboxylic acids is 1. The lowest BCUT2D eigenvalue weighted by Crippen LogP contribution is -2.11. The van der Waals surface area contributed by atoms with Crippen molar-refractivity contribution in [2.75, 3.05) is 0 Å². The molecule has 5 nitrogen and oxygen atoms in total. The molecule has 0 atom stereocenters. The van der Waals surface area contributed by atoms with Crippen molar-refractivity contribution in [3.63, 3.8) is 0 Å². The van der Waals surface area contributed by atoms with Gasteiger partial charge in [0, 0.05) is 9.75 Å². The highest BCUT2D eigenvalue weighted by Crippen LogP contribution is 2.20. The van der Waals surface area contributed by atoms with Crippen molar-refractivity contribution in [1.29, 1.82) is 0 Å². The van der Waals surface area contributed by atoms with Crippen molar-refractivity contribution in [1.82, 2.24) is 15.0 Å². The minimum Gasteiger partial charge on any atom is -0.476 e. The highest BCUT2D eigenvalue weighted by atomic mass is 32.1. The highest BCUT2D eigenvalue weighted by molar-refractivity contribution is 7.11. The largest absolute Gasteiger partial charge is 0.476 e. The van der Waals surface area contributed by atoms with E-state index in [-0.39, 0.29) is 5.69 Å². The number of carbonyl (C=O) groups is 1. The molecule has 0 spiro atoms. The Hall–Kier alpha value is -1.69. The standard InChI is InChI=1S/C14H19N3O2S/c1-4-10-5-6-11(20-10)8-17-12(7-9(2)3)13(14(18)19)15-16-17/h5-6,9H,4,7-8H2,1-3H3,(H,18,19). The molecule has 0 aliphatic carbocycles. The third kappa shape index (κ3) is 3.25. The zero-order valence-electron chi connectivity index (χ0n) is 12.0. The third-order valence-corrected chi connectivity index (χ3v) is 4.23. The summed E-state index contributed by atoms with van der Waals surface area (Å²) in [7, 11) is 0. The number of carboxylic acid groups (broad SMARTS) is 1. The summed E-state index contributed by atoms with van der Waals surface area (Å²) in [6, 6.07) is 4.18. The van der Waals surface area contributed by atoms with Gasteiger partial charge in [0.1, 0.15) is 0 Å². The number of aromatic carboxylic acids is 1. The number of aromatic nitrogens is 3. The molecular weight excluding hydrogens is 274 g/mol. The first-order valence-electron chi connectivity index (χ1n) is 6.74. The molecule has 108 valence electrons. The van der Waals surface area contributed by atoms with Crippen LogP contribution in [0.2, 0.25) is 0 Å². The predicted octanol–water partition coefficient (Wildman–Crippen LogP) is 2.85. The average Bonchev–Trinajstić information content (AvgIpc) is 2.97. The van der Waals surface area contributed by atoms with E-state index in [1.54, 1.807) is 16.0 Å². The smallest absolute Gasteiger partial charge is 0.358 e. The second-order valence-electron chi connectivity index (χ2n) is 5.17. The lowest BCUT2D eigenvalue weighted by Gasteiger charge is -2.08. The maximum absolute atomic E-state index is 11.2. The van der Waals surface area contributed by atoms with Gasteiger partial charge in [-0.2, -0.15) is 0 Å². The van der Waals surface area contributed by atoms with Gasteiger partial charge < -0.3 is 5.11 Å². The van der Waals surface area contributed by atoms with Gasteiger partial charge >= 0.3 is 5.97 Å². The summed E-state index contributed by atoms with van der Waals surface area (Å²) in [5, 5.41) is 17.0. The summed E-state index contributed by atoms with van der Waals surface area (Å²) in [5.74, 6) is -0.646. The molecule has 0 radical (unpaired) electrons. The molecule has 0 bridgehead atoms. The van der Waals surface area contributed by atoms with Crippen LogP contribution in [0.5, 0.6) is 0 Å². The predicted molar refractivity (Wildman–Crippen MR) is 78.3 cm³/mol. The Kier molecular flexibility index (Phi) is 4.54. The molecule has 2 heterocycles. The molecule has 2 aromatic heterocycles. The molecule has 1 N–H and O–H groups in total. The normalized spacial score (nSPS) is 11.2. The maximum atomic E-state index is 11.2. The van der Waals surface area contributed by atoms with E-state index >= 15 is 0 Å². The zero-order chi connectivity index (χ0) is 14.7. The fraction of sp³-hybridized carbons (Fsp3) is 0.500. The fourth-order valence-electron chi connectivity index (χ4n) is 2.06. The highest BCUT2D eigenvalue weighted by Gasteiger charge is 2.20. The van der Waals surface area contributed by atoms with Gasteiger partial charge in [-0.05, 0) is 30.9 Å². The molecule has 0 aliphatic heterocycles. The van der Waals surface area contributed by atoms with Gasteiger partial charge in [-0.3, -0.25) is 0 Å². The van der Waals surface area contributed by atoms with Crippen LogP contribution in [0, 0.1) is 5.92 Å². The molecule has 20 heavy (non-hydrogen) atoms. The second-order valence-corrected chi connectivity index (χ2v) is 6.42. The lowest BCUT2D eigenvalue weighted by molar-refractivity contribution is 0.0689. The molecule has 6 heteroatoms. The number of hydrogen-bond acceptors (Lipinski definition) is 4. The van der Waals surface area contributed by atoms with Crippen molar-refractivity contribution >= 4 is 17.3 Å². The molecule has 0 saturated carbocycles. The van der Waals surface area contributed by atoms with E-state index in [0.717, 1.165) is 6.42 Å². The molecule has 0 aliphatic rings. The Morgan fingerprint density at radius 1 is 1.40 bits per heavy atom. The molecule has 0 fully saturated rings. The van der Waals surface area contributed by atoms with Gasteiger partial charge in [-0.1, -0.05) is 26.0 Å². The van der Waals surface area contributed by atoms with Crippen molar-refractivity contribution in [2.24, 2.45) is 5.92 Å². The van der Waals surface area contributed by atoms with Crippen LogP contribution >= 0.6 is 11.3 Å². The summed E-state index contributed by atoms with van der Waals surface area (Å²) in [5.41, 5.74) is 0.782. The molecule has 0 aromatic carbocycles. The van der Waals surface area contributed by atoms with E-state index in [0.29, 0.717) is 24.6 Å². The third-order valence-electron chi connectivity index (χ3n) is 3.01. The SMILES string of the molecule is CCc1ccc(Cn2nnc(C(=O)O)c2CC(C)C)s1. The van der Waals surface area contributed by atoms with Gasteiger partial charge in [0.05, 0.1) is 12.2 Å². The van der Waals surface area contributed by atoms with Crippen LogP contribution in [0.1, 0.15) is 46.7 Å². The Morgan fingerprint density at radius 3 is 2.65 bits per heavy atom. The van der Waals surface area contributed by atoms with Crippen LogP contribution in [-0.2, 0) is 19.4 Å². The van der Waals surface area contributed by atoms with Crippen LogP contribution in [0.15, 0.2) is 12.1 Å². The first kappa shape index (κ1) is 14.7. The fourth-order valence-corrected chi connectivity index (χ4v) is 3.00. The van der Waals surface area contributed by atoms with Crippen LogP contribution in [0.4, 0.5) is 0 Å².